The smallest absolute Gasteiger partial charge is 0.356 e. The van der Waals surface area contributed by atoms with E-state index in [4.69, 9.17) is 5.11 Å². The lowest BCUT2D eigenvalue weighted by Gasteiger charge is -2.07. The van der Waals surface area contributed by atoms with Crippen LogP contribution in [-0.2, 0) is 17.9 Å². The first kappa shape index (κ1) is 18.4. The Morgan fingerprint density at radius 3 is 2.63 bits per heavy atom. The molecule has 0 radical (unpaired) electrons. The van der Waals surface area contributed by atoms with Crippen molar-refractivity contribution in [2.24, 2.45) is 0 Å². The third kappa shape index (κ3) is 4.60. The molecule has 1 amide bonds. The summed E-state index contributed by atoms with van der Waals surface area (Å²) in [6.45, 7) is 4.93. The third-order valence-corrected chi connectivity index (χ3v) is 4.26. The molecule has 27 heavy (non-hydrogen) atoms. The number of anilines is 1. The van der Waals surface area contributed by atoms with Gasteiger partial charge >= 0.3 is 5.97 Å². The Hall–Kier alpha value is -3.42. The number of nitrogens with one attached hydrogen (secondary N) is 1. The maximum Gasteiger partial charge on any atom is 0.356 e. The molecule has 0 saturated heterocycles. The van der Waals surface area contributed by atoms with Crippen molar-refractivity contribution >= 4 is 17.7 Å². The van der Waals surface area contributed by atoms with E-state index in [1.807, 2.05) is 29.8 Å². The number of aromatic nitrogens is 4. The van der Waals surface area contributed by atoms with Crippen molar-refractivity contribution in [1.82, 2.24) is 19.6 Å². The number of rotatable bonds is 7. The zero-order valence-corrected chi connectivity index (χ0v) is 15.2. The average molecular weight is 367 g/mol. The van der Waals surface area contributed by atoms with E-state index in [0.717, 1.165) is 5.69 Å². The molecule has 140 valence electrons. The third-order valence-electron chi connectivity index (χ3n) is 4.26. The number of carboxylic acids is 1. The number of aromatic carboxylic acids is 1. The molecule has 8 heteroatoms. The standard InChI is InChI=1S/C19H21N5O3/c1-13-5-3-4-6-15(13)12-24-14(2)11-17(22-24)20-18(25)8-10-23-9-7-16(21-23)19(26)27/h3-7,9,11H,8,10,12H2,1-2H3,(H,26,27)(H,20,22,25). The molecule has 3 rings (SSSR count). The summed E-state index contributed by atoms with van der Waals surface area (Å²) >= 11 is 0. The molecule has 1 aromatic carbocycles. The van der Waals surface area contributed by atoms with Crippen LogP contribution in [0.25, 0.3) is 0 Å². The van der Waals surface area contributed by atoms with E-state index in [1.165, 1.54) is 28.1 Å². The number of hydrogen-bond acceptors (Lipinski definition) is 4. The zero-order chi connectivity index (χ0) is 19.4. The van der Waals surface area contributed by atoms with Gasteiger partial charge < -0.3 is 10.4 Å². The second kappa shape index (κ2) is 7.86. The van der Waals surface area contributed by atoms with Crippen molar-refractivity contribution in [3.05, 3.63) is 65.1 Å². The van der Waals surface area contributed by atoms with Crippen molar-refractivity contribution in [3.8, 4) is 0 Å². The summed E-state index contributed by atoms with van der Waals surface area (Å²) in [5.41, 5.74) is 3.28. The lowest BCUT2D eigenvalue weighted by atomic mass is 10.1. The fourth-order valence-corrected chi connectivity index (χ4v) is 2.70. The van der Waals surface area contributed by atoms with Gasteiger partial charge in [0.2, 0.25) is 5.91 Å². The molecule has 8 nitrogen and oxygen atoms in total. The van der Waals surface area contributed by atoms with E-state index >= 15 is 0 Å². The summed E-state index contributed by atoms with van der Waals surface area (Å²) in [6, 6.07) is 11.3. The Kier molecular flexibility index (Phi) is 5.35. The first-order valence-electron chi connectivity index (χ1n) is 8.58. The highest BCUT2D eigenvalue weighted by Gasteiger charge is 2.11. The minimum Gasteiger partial charge on any atom is -0.476 e. The lowest BCUT2D eigenvalue weighted by Crippen LogP contribution is -2.15. The number of hydrogen-bond donors (Lipinski definition) is 2. The summed E-state index contributed by atoms with van der Waals surface area (Å²) < 4.78 is 3.29. The molecule has 0 atom stereocenters. The van der Waals surface area contributed by atoms with E-state index in [9.17, 15) is 9.59 Å². The first-order valence-corrected chi connectivity index (χ1v) is 8.58. The van der Waals surface area contributed by atoms with Crippen molar-refractivity contribution in [2.75, 3.05) is 5.32 Å². The van der Waals surface area contributed by atoms with Gasteiger partial charge in [-0.25, -0.2) is 4.79 Å². The van der Waals surface area contributed by atoms with Gasteiger partial charge in [0.1, 0.15) is 0 Å². The van der Waals surface area contributed by atoms with Crippen LogP contribution in [0.3, 0.4) is 0 Å². The highest BCUT2D eigenvalue weighted by molar-refractivity contribution is 5.89. The molecule has 2 heterocycles. The summed E-state index contributed by atoms with van der Waals surface area (Å²) in [6.07, 6.45) is 1.71. The second-order valence-corrected chi connectivity index (χ2v) is 6.32. The molecule has 0 saturated carbocycles. The molecular formula is C19H21N5O3. The Labute approximate surface area is 156 Å². The quantitative estimate of drug-likeness (QED) is 0.668. The lowest BCUT2D eigenvalue weighted by molar-refractivity contribution is -0.116. The first-order chi connectivity index (χ1) is 12.9. The molecule has 0 aliphatic rings. The van der Waals surface area contributed by atoms with Crippen LogP contribution < -0.4 is 5.32 Å². The highest BCUT2D eigenvalue weighted by atomic mass is 16.4. The zero-order valence-electron chi connectivity index (χ0n) is 15.2. The number of carbonyl (C=O) groups is 2. The summed E-state index contributed by atoms with van der Waals surface area (Å²) in [7, 11) is 0. The second-order valence-electron chi connectivity index (χ2n) is 6.32. The number of aryl methyl sites for hydroxylation is 3. The summed E-state index contributed by atoms with van der Waals surface area (Å²) in [4.78, 5) is 23.0. The van der Waals surface area contributed by atoms with Crippen molar-refractivity contribution < 1.29 is 14.7 Å². The summed E-state index contributed by atoms with van der Waals surface area (Å²) in [5, 5.41) is 20.0. The van der Waals surface area contributed by atoms with Crippen LogP contribution in [0.15, 0.2) is 42.6 Å². The largest absolute Gasteiger partial charge is 0.476 e. The van der Waals surface area contributed by atoms with Gasteiger partial charge in [0.15, 0.2) is 11.5 Å². The molecule has 2 aromatic heterocycles. The molecule has 2 N–H and O–H groups in total. The van der Waals surface area contributed by atoms with Gasteiger partial charge in [-0.3, -0.25) is 14.2 Å². The Bertz CT molecular complexity index is 973. The molecular weight excluding hydrogens is 346 g/mol. The topological polar surface area (TPSA) is 102 Å². The van der Waals surface area contributed by atoms with E-state index in [2.05, 4.69) is 34.6 Å². The van der Waals surface area contributed by atoms with Crippen LogP contribution in [0.4, 0.5) is 5.82 Å². The van der Waals surface area contributed by atoms with Gasteiger partial charge in [-0.2, -0.15) is 10.2 Å². The predicted octanol–water partition coefficient (Wildman–Crippen LogP) is 2.47. The fourth-order valence-electron chi connectivity index (χ4n) is 2.70. The minimum absolute atomic E-state index is 0.0408. The van der Waals surface area contributed by atoms with Gasteiger partial charge in [0, 0.05) is 30.9 Å². The van der Waals surface area contributed by atoms with Crippen LogP contribution in [0.5, 0.6) is 0 Å². The van der Waals surface area contributed by atoms with Crippen LogP contribution in [0, 0.1) is 13.8 Å². The molecule has 3 aromatic rings. The van der Waals surface area contributed by atoms with Gasteiger partial charge in [0.25, 0.3) is 0 Å². The Morgan fingerprint density at radius 1 is 1.15 bits per heavy atom. The molecule has 0 aliphatic carbocycles. The Balaban J connectivity index is 1.58. The number of carboxylic acid groups (broad SMARTS) is 1. The molecule has 0 spiro atoms. The van der Waals surface area contributed by atoms with Crippen LogP contribution in [0.2, 0.25) is 0 Å². The number of benzene rings is 1. The normalized spacial score (nSPS) is 10.7. The van der Waals surface area contributed by atoms with Gasteiger partial charge in [-0.05, 0) is 31.0 Å². The van der Waals surface area contributed by atoms with Gasteiger partial charge in [-0.1, -0.05) is 24.3 Å². The van der Waals surface area contributed by atoms with E-state index in [1.54, 1.807) is 0 Å². The van der Waals surface area contributed by atoms with E-state index in [-0.39, 0.29) is 18.0 Å². The van der Waals surface area contributed by atoms with Crippen molar-refractivity contribution in [1.29, 1.82) is 0 Å². The van der Waals surface area contributed by atoms with Crippen LogP contribution in [0.1, 0.15) is 33.7 Å². The van der Waals surface area contributed by atoms with Crippen LogP contribution >= 0.6 is 0 Å². The van der Waals surface area contributed by atoms with Crippen molar-refractivity contribution in [3.63, 3.8) is 0 Å². The van der Waals surface area contributed by atoms with Gasteiger partial charge in [-0.15, -0.1) is 0 Å². The van der Waals surface area contributed by atoms with Crippen LogP contribution in [-0.4, -0.2) is 36.5 Å². The predicted molar refractivity (Wildman–Crippen MR) is 99.7 cm³/mol. The SMILES string of the molecule is Cc1ccccc1Cn1nc(NC(=O)CCn2ccc(C(=O)O)n2)cc1C. The highest BCUT2D eigenvalue weighted by Crippen LogP contribution is 2.14. The number of amides is 1. The molecule has 0 unspecified atom stereocenters. The maximum absolute atomic E-state index is 12.1. The average Bonchev–Trinajstić information content (AvgIpc) is 3.22. The van der Waals surface area contributed by atoms with E-state index in [0.29, 0.717) is 18.9 Å². The van der Waals surface area contributed by atoms with Gasteiger partial charge in [0.05, 0.1) is 6.54 Å². The minimum atomic E-state index is -1.09. The number of nitrogens with zero attached hydrogens (tertiary/aromatic N) is 4. The molecule has 0 bridgehead atoms. The Morgan fingerprint density at radius 2 is 1.93 bits per heavy atom. The molecule has 0 fully saturated rings. The maximum atomic E-state index is 12.1. The van der Waals surface area contributed by atoms with E-state index < -0.39 is 5.97 Å². The monoisotopic (exact) mass is 367 g/mol. The molecule has 0 aliphatic heterocycles. The van der Waals surface area contributed by atoms with Crippen molar-refractivity contribution in [2.45, 2.75) is 33.4 Å². The fraction of sp³-hybridized carbons (Fsp3) is 0.263. The summed E-state index contributed by atoms with van der Waals surface area (Å²) in [5.74, 6) is -0.798. The number of carbonyl (C=O) groups excluding carboxylic acids is 1.